The SMILES string of the molecule is Cc1ccccc1CNC(=O)c1nnn2c1COC(c1ccc(F)cc1)C2. The van der Waals surface area contributed by atoms with E-state index < -0.39 is 0 Å². The van der Waals surface area contributed by atoms with E-state index in [1.165, 1.54) is 12.1 Å². The van der Waals surface area contributed by atoms with Crippen molar-refractivity contribution in [3.05, 3.63) is 82.4 Å². The van der Waals surface area contributed by atoms with Gasteiger partial charge in [0.1, 0.15) is 11.9 Å². The van der Waals surface area contributed by atoms with Gasteiger partial charge in [-0.25, -0.2) is 9.07 Å². The summed E-state index contributed by atoms with van der Waals surface area (Å²) in [6, 6.07) is 14.1. The zero-order chi connectivity index (χ0) is 18.8. The van der Waals surface area contributed by atoms with Gasteiger partial charge in [-0.2, -0.15) is 0 Å². The van der Waals surface area contributed by atoms with Gasteiger partial charge in [-0.15, -0.1) is 5.10 Å². The number of nitrogens with one attached hydrogen (secondary N) is 1. The molecule has 0 radical (unpaired) electrons. The Morgan fingerprint density at radius 2 is 2.04 bits per heavy atom. The number of ether oxygens (including phenoxy) is 1. The number of fused-ring (bicyclic) bond motifs is 1. The highest BCUT2D eigenvalue weighted by molar-refractivity contribution is 5.93. The Morgan fingerprint density at radius 1 is 1.26 bits per heavy atom. The second kappa shape index (κ2) is 7.28. The first-order chi connectivity index (χ1) is 13.1. The van der Waals surface area contributed by atoms with Gasteiger partial charge in [-0.05, 0) is 35.7 Å². The van der Waals surface area contributed by atoms with Crippen LogP contribution in [0.5, 0.6) is 0 Å². The molecule has 1 amide bonds. The van der Waals surface area contributed by atoms with Crippen molar-refractivity contribution in [1.82, 2.24) is 20.3 Å². The quantitative estimate of drug-likeness (QED) is 0.771. The number of rotatable bonds is 4. The average molecular weight is 366 g/mol. The Labute approximate surface area is 156 Å². The van der Waals surface area contributed by atoms with Gasteiger partial charge in [-0.1, -0.05) is 41.6 Å². The number of carbonyl (C=O) groups excluding carboxylic acids is 1. The van der Waals surface area contributed by atoms with Crippen LogP contribution in [0.4, 0.5) is 4.39 Å². The molecule has 138 valence electrons. The number of aromatic nitrogens is 3. The van der Waals surface area contributed by atoms with E-state index in [4.69, 9.17) is 4.74 Å². The standard InChI is InChI=1S/C20H19FN4O2/c1-13-4-2-3-5-15(13)10-22-20(26)19-17-12-27-18(11-25(17)24-23-19)14-6-8-16(21)9-7-14/h2-9,18H,10-12H2,1H3,(H,22,26). The molecule has 0 saturated heterocycles. The van der Waals surface area contributed by atoms with Crippen LogP contribution in [-0.4, -0.2) is 20.9 Å². The molecule has 3 aromatic rings. The van der Waals surface area contributed by atoms with Crippen LogP contribution >= 0.6 is 0 Å². The van der Waals surface area contributed by atoms with Gasteiger partial charge in [0.25, 0.3) is 5.91 Å². The van der Waals surface area contributed by atoms with E-state index in [1.54, 1.807) is 16.8 Å². The van der Waals surface area contributed by atoms with Crippen molar-refractivity contribution in [3.63, 3.8) is 0 Å². The molecule has 1 aliphatic heterocycles. The summed E-state index contributed by atoms with van der Waals surface area (Å²) in [7, 11) is 0. The molecule has 1 aliphatic rings. The Kier molecular flexibility index (Phi) is 4.68. The number of nitrogens with zero attached hydrogens (tertiary/aromatic N) is 3. The van der Waals surface area contributed by atoms with Crippen molar-refractivity contribution in [3.8, 4) is 0 Å². The minimum absolute atomic E-state index is 0.224. The van der Waals surface area contributed by atoms with Gasteiger partial charge in [0, 0.05) is 6.54 Å². The molecule has 1 aromatic heterocycles. The summed E-state index contributed by atoms with van der Waals surface area (Å²) in [4.78, 5) is 12.5. The first-order valence-corrected chi connectivity index (χ1v) is 8.74. The second-order valence-electron chi connectivity index (χ2n) is 6.53. The van der Waals surface area contributed by atoms with Crippen molar-refractivity contribution < 1.29 is 13.9 Å². The summed E-state index contributed by atoms with van der Waals surface area (Å²) in [5.41, 5.74) is 3.97. The fourth-order valence-corrected chi connectivity index (χ4v) is 3.13. The van der Waals surface area contributed by atoms with E-state index in [2.05, 4.69) is 15.6 Å². The van der Waals surface area contributed by atoms with Crippen molar-refractivity contribution in [2.45, 2.75) is 32.7 Å². The molecule has 0 saturated carbocycles. The third-order valence-corrected chi connectivity index (χ3v) is 4.76. The van der Waals surface area contributed by atoms with Gasteiger partial charge < -0.3 is 10.1 Å². The van der Waals surface area contributed by atoms with E-state index in [0.29, 0.717) is 18.8 Å². The molecule has 1 atom stereocenters. The number of amides is 1. The zero-order valence-electron chi connectivity index (χ0n) is 14.9. The van der Waals surface area contributed by atoms with Crippen LogP contribution in [0.1, 0.15) is 39.0 Å². The first-order valence-electron chi connectivity index (χ1n) is 8.74. The average Bonchev–Trinajstić information content (AvgIpc) is 3.11. The van der Waals surface area contributed by atoms with Crippen LogP contribution in [0, 0.1) is 12.7 Å². The van der Waals surface area contributed by atoms with E-state index in [0.717, 1.165) is 16.7 Å². The Hall–Kier alpha value is -3.06. The highest BCUT2D eigenvalue weighted by Gasteiger charge is 2.27. The highest BCUT2D eigenvalue weighted by atomic mass is 19.1. The third-order valence-electron chi connectivity index (χ3n) is 4.76. The molecule has 0 bridgehead atoms. The van der Waals surface area contributed by atoms with Crippen molar-refractivity contribution in [2.24, 2.45) is 0 Å². The maximum atomic E-state index is 13.1. The topological polar surface area (TPSA) is 69.0 Å². The summed E-state index contributed by atoms with van der Waals surface area (Å²) < 4.78 is 20.6. The second-order valence-corrected chi connectivity index (χ2v) is 6.53. The molecule has 0 aliphatic carbocycles. The fourth-order valence-electron chi connectivity index (χ4n) is 3.13. The summed E-state index contributed by atoms with van der Waals surface area (Å²) in [5, 5.41) is 11.0. The summed E-state index contributed by atoms with van der Waals surface area (Å²) >= 11 is 0. The molecule has 27 heavy (non-hydrogen) atoms. The lowest BCUT2D eigenvalue weighted by atomic mass is 10.1. The van der Waals surface area contributed by atoms with Crippen LogP contribution in [-0.2, 0) is 24.4 Å². The van der Waals surface area contributed by atoms with Gasteiger partial charge in [0.2, 0.25) is 0 Å². The number of hydrogen-bond donors (Lipinski definition) is 1. The fraction of sp³-hybridized carbons (Fsp3) is 0.250. The molecular weight excluding hydrogens is 347 g/mol. The Bertz CT molecular complexity index is 968. The smallest absolute Gasteiger partial charge is 0.274 e. The lowest BCUT2D eigenvalue weighted by molar-refractivity contribution is -0.00180. The van der Waals surface area contributed by atoms with Gasteiger partial charge in [-0.3, -0.25) is 4.79 Å². The van der Waals surface area contributed by atoms with E-state index in [9.17, 15) is 9.18 Å². The predicted molar refractivity (Wildman–Crippen MR) is 96.3 cm³/mol. The molecule has 7 heteroatoms. The maximum absolute atomic E-state index is 13.1. The van der Waals surface area contributed by atoms with E-state index in [1.807, 2.05) is 31.2 Å². The molecule has 6 nitrogen and oxygen atoms in total. The van der Waals surface area contributed by atoms with Crippen LogP contribution in [0.15, 0.2) is 48.5 Å². The van der Waals surface area contributed by atoms with Gasteiger partial charge in [0.15, 0.2) is 5.69 Å². The number of aryl methyl sites for hydroxylation is 1. The zero-order valence-corrected chi connectivity index (χ0v) is 14.9. The summed E-state index contributed by atoms with van der Waals surface area (Å²) in [6.45, 7) is 3.09. The highest BCUT2D eigenvalue weighted by Crippen LogP contribution is 2.27. The molecular formula is C20H19FN4O2. The third kappa shape index (κ3) is 3.59. The number of hydrogen-bond acceptors (Lipinski definition) is 4. The number of halogens is 1. The summed E-state index contributed by atoms with van der Waals surface area (Å²) in [5.74, 6) is -0.563. The lowest BCUT2D eigenvalue weighted by Crippen LogP contribution is -2.27. The van der Waals surface area contributed by atoms with Crippen molar-refractivity contribution in [1.29, 1.82) is 0 Å². The monoisotopic (exact) mass is 366 g/mol. The van der Waals surface area contributed by atoms with Crippen LogP contribution in [0.2, 0.25) is 0 Å². The number of benzene rings is 2. The molecule has 0 spiro atoms. The van der Waals surface area contributed by atoms with Crippen molar-refractivity contribution in [2.75, 3.05) is 0 Å². The van der Waals surface area contributed by atoms with E-state index in [-0.39, 0.29) is 30.1 Å². The normalized spacial score (nSPS) is 16.0. The molecule has 0 fully saturated rings. The Balaban J connectivity index is 1.45. The molecule has 1 unspecified atom stereocenters. The molecule has 2 heterocycles. The number of carbonyl (C=O) groups is 1. The largest absolute Gasteiger partial charge is 0.365 e. The molecule has 2 aromatic carbocycles. The van der Waals surface area contributed by atoms with E-state index >= 15 is 0 Å². The molecule has 1 N–H and O–H groups in total. The van der Waals surface area contributed by atoms with Gasteiger partial charge >= 0.3 is 0 Å². The minimum Gasteiger partial charge on any atom is -0.365 e. The van der Waals surface area contributed by atoms with Crippen molar-refractivity contribution >= 4 is 5.91 Å². The van der Waals surface area contributed by atoms with Gasteiger partial charge in [0.05, 0.1) is 18.8 Å². The lowest BCUT2D eigenvalue weighted by Gasteiger charge is -2.24. The predicted octanol–water partition coefficient (Wildman–Crippen LogP) is 2.93. The maximum Gasteiger partial charge on any atom is 0.274 e. The summed E-state index contributed by atoms with van der Waals surface area (Å²) in [6.07, 6.45) is -0.248. The van der Waals surface area contributed by atoms with Crippen LogP contribution in [0.3, 0.4) is 0 Å². The van der Waals surface area contributed by atoms with Crippen LogP contribution < -0.4 is 5.32 Å². The molecule has 4 rings (SSSR count). The first kappa shape index (κ1) is 17.4. The van der Waals surface area contributed by atoms with Crippen LogP contribution in [0.25, 0.3) is 0 Å². The minimum atomic E-state index is -0.288. The Morgan fingerprint density at radius 3 is 2.81 bits per heavy atom.